The summed E-state index contributed by atoms with van der Waals surface area (Å²) in [5.74, 6) is 0. The van der Waals surface area contributed by atoms with Crippen molar-refractivity contribution in [2.75, 3.05) is 18.5 Å². The van der Waals surface area contributed by atoms with Crippen LogP contribution in [0.5, 0.6) is 0 Å². The summed E-state index contributed by atoms with van der Waals surface area (Å²) in [6.45, 7) is 2.77. The third-order valence-corrected chi connectivity index (χ3v) is 5.42. The van der Waals surface area contributed by atoms with Gasteiger partial charge in [0.15, 0.2) is 5.69 Å². The van der Waals surface area contributed by atoms with Crippen molar-refractivity contribution in [3.63, 3.8) is 0 Å². The van der Waals surface area contributed by atoms with Gasteiger partial charge in [-0.2, -0.15) is 18.3 Å². The van der Waals surface area contributed by atoms with Crippen LogP contribution in [0, 0.1) is 0 Å². The predicted octanol–water partition coefficient (Wildman–Crippen LogP) is 3.66. The molecular weight excluding hydrogens is 405 g/mol. The fourth-order valence-corrected chi connectivity index (χ4v) is 3.28. The maximum absolute atomic E-state index is 13.3. The second-order valence-electron chi connectivity index (χ2n) is 6.42. The van der Waals surface area contributed by atoms with Crippen LogP contribution in [-0.4, -0.2) is 31.8 Å². The highest BCUT2D eigenvalue weighted by Crippen LogP contribution is 2.33. The summed E-state index contributed by atoms with van der Waals surface area (Å²) in [4.78, 5) is 1.85. The molecule has 1 aromatic heterocycles. The minimum absolute atomic E-state index is 0.141. The fourth-order valence-electron chi connectivity index (χ4n) is 2.77. The first-order chi connectivity index (χ1) is 13.5. The predicted molar refractivity (Wildman–Crippen MR) is 104 cm³/mol. The average molecular weight is 424 g/mol. The molecule has 0 radical (unpaired) electrons. The third-order valence-electron chi connectivity index (χ3n) is 4.49. The standard InChI is InChI=1S/C19H19F3N4O2S/c1-3-25(2)14-6-4-13(5-7-14)17-12-18(19(20,21)22)24-26(17)15-8-10-16(11-9-15)29(23,27)28/h4-12H,3H2,1-2H3,(H2,23,27,28). The number of benzene rings is 2. The van der Waals surface area contributed by atoms with Crippen molar-refractivity contribution in [1.82, 2.24) is 9.78 Å². The molecule has 3 rings (SSSR count). The smallest absolute Gasteiger partial charge is 0.375 e. The lowest BCUT2D eigenvalue weighted by atomic mass is 10.1. The Hall–Kier alpha value is -2.85. The second kappa shape index (κ2) is 7.53. The number of nitrogens with two attached hydrogens (primary N) is 1. The van der Waals surface area contributed by atoms with Crippen molar-refractivity contribution in [1.29, 1.82) is 0 Å². The van der Waals surface area contributed by atoms with Gasteiger partial charge in [0.2, 0.25) is 10.0 Å². The van der Waals surface area contributed by atoms with Gasteiger partial charge < -0.3 is 4.90 Å². The van der Waals surface area contributed by atoms with Crippen molar-refractivity contribution < 1.29 is 21.6 Å². The molecule has 0 atom stereocenters. The Morgan fingerprint density at radius 2 is 1.66 bits per heavy atom. The van der Waals surface area contributed by atoms with E-state index in [2.05, 4.69) is 5.10 Å². The number of rotatable bonds is 5. The van der Waals surface area contributed by atoms with Crippen molar-refractivity contribution in [3.8, 4) is 16.9 Å². The summed E-state index contributed by atoms with van der Waals surface area (Å²) >= 11 is 0. The molecule has 0 spiro atoms. The number of primary sulfonamides is 1. The SMILES string of the molecule is CCN(C)c1ccc(-c2cc(C(F)(F)F)nn2-c2ccc(S(N)(=O)=O)cc2)cc1. The summed E-state index contributed by atoms with van der Waals surface area (Å²) in [5, 5.41) is 8.77. The number of nitrogens with zero attached hydrogens (tertiary/aromatic N) is 3. The van der Waals surface area contributed by atoms with Gasteiger partial charge in [0.05, 0.1) is 16.3 Å². The zero-order chi connectivity index (χ0) is 21.4. The molecule has 2 aromatic carbocycles. The molecule has 0 saturated carbocycles. The molecule has 0 aliphatic heterocycles. The first-order valence-electron chi connectivity index (χ1n) is 8.63. The first-order valence-corrected chi connectivity index (χ1v) is 10.2. The van der Waals surface area contributed by atoms with Crippen LogP contribution in [0.4, 0.5) is 18.9 Å². The van der Waals surface area contributed by atoms with E-state index in [1.165, 1.54) is 24.3 Å². The molecule has 0 fully saturated rings. The highest BCUT2D eigenvalue weighted by molar-refractivity contribution is 7.89. The lowest BCUT2D eigenvalue weighted by Crippen LogP contribution is -2.15. The molecule has 0 amide bonds. The Morgan fingerprint density at radius 1 is 1.07 bits per heavy atom. The molecule has 3 aromatic rings. The van der Waals surface area contributed by atoms with Gasteiger partial charge in [-0.1, -0.05) is 12.1 Å². The monoisotopic (exact) mass is 424 g/mol. The van der Waals surface area contributed by atoms with Crippen LogP contribution < -0.4 is 10.0 Å². The van der Waals surface area contributed by atoms with Crippen LogP contribution >= 0.6 is 0 Å². The highest BCUT2D eigenvalue weighted by Gasteiger charge is 2.35. The van der Waals surface area contributed by atoms with Crippen molar-refractivity contribution in [3.05, 3.63) is 60.3 Å². The zero-order valence-corrected chi connectivity index (χ0v) is 16.5. The molecule has 0 saturated heterocycles. The summed E-state index contributed by atoms with van der Waals surface area (Å²) < 4.78 is 63.8. The molecule has 6 nitrogen and oxygen atoms in total. The summed E-state index contributed by atoms with van der Waals surface area (Å²) in [5.41, 5.74) is 0.925. The van der Waals surface area contributed by atoms with Crippen molar-refractivity contribution >= 4 is 15.7 Å². The zero-order valence-electron chi connectivity index (χ0n) is 15.7. The number of sulfonamides is 1. The Labute approximate surface area is 166 Å². The van der Waals surface area contributed by atoms with E-state index in [9.17, 15) is 21.6 Å². The summed E-state index contributed by atoms with van der Waals surface area (Å²) in [6.07, 6.45) is -4.62. The van der Waals surface area contributed by atoms with E-state index in [0.29, 0.717) is 5.56 Å². The van der Waals surface area contributed by atoms with E-state index in [-0.39, 0.29) is 16.3 Å². The van der Waals surface area contributed by atoms with E-state index in [1.54, 1.807) is 12.1 Å². The maximum Gasteiger partial charge on any atom is 0.435 e. The first kappa shape index (κ1) is 20.9. The number of hydrogen-bond acceptors (Lipinski definition) is 4. The Kier molecular flexibility index (Phi) is 5.42. The van der Waals surface area contributed by atoms with Crippen LogP contribution in [0.2, 0.25) is 0 Å². The van der Waals surface area contributed by atoms with Crippen molar-refractivity contribution in [2.24, 2.45) is 5.14 Å². The van der Waals surface area contributed by atoms with E-state index >= 15 is 0 Å². The molecule has 0 aliphatic rings. The Morgan fingerprint density at radius 3 is 2.14 bits per heavy atom. The molecule has 0 unspecified atom stereocenters. The number of hydrogen-bond donors (Lipinski definition) is 1. The molecule has 0 bridgehead atoms. The van der Waals surface area contributed by atoms with Gasteiger partial charge in [0.25, 0.3) is 0 Å². The van der Waals surface area contributed by atoms with Gasteiger partial charge in [0.1, 0.15) is 0 Å². The summed E-state index contributed by atoms with van der Waals surface area (Å²) in [6, 6.07) is 13.2. The number of aromatic nitrogens is 2. The second-order valence-corrected chi connectivity index (χ2v) is 7.99. The summed E-state index contributed by atoms with van der Waals surface area (Å²) in [7, 11) is -2.00. The molecule has 29 heavy (non-hydrogen) atoms. The number of alkyl halides is 3. The van der Waals surface area contributed by atoms with Crippen LogP contribution in [0.25, 0.3) is 16.9 Å². The van der Waals surface area contributed by atoms with E-state index in [4.69, 9.17) is 5.14 Å². The molecule has 10 heteroatoms. The van der Waals surface area contributed by atoms with E-state index in [0.717, 1.165) is 23.0 Å². The van der Waals surface area contributed by atoms with E-state index < -0.39 is 21.9 Å². The Bertz CT molecular complexity index is 1110. The van der Waals surface area contributed by atoms with Crippen LogP contribution in [0.3, 0.4) is 0 Å². The topological polar surface area (TPSA) is 81.2 Å². The molecule has 154 valence electrons. The van der Waals surface area contributed by atoms with Gasteiger partial charge in [-0.05, 0) is 49.4 Å². The number of anilines is 1. The van der Waals surface area contributed by atoms with Gasteiger partial charge in [-0.3, -0.25) is 0 Å². The van der Waals surface area contributed by atoms with Crippen LogP contribution in [0.1, 0.15) is 12.6 Å². The minimum atomic E-state index is -4.62. The largest absolute Gasteiger partial charge is 0.435 e. The molecule has 0 aliphatic carbocycles. The molecular formula is C19H19F3N4O2S. The van der Waals surface area contributed by atoms with Crippen LogP contribution in [0.15, 0.2) is 59.5 Å². The minimum Gasteiger partial charge on any atom is -0.375 e. The molecule has 2 N–H and O–H groups in total. The van der Waals surface area contributed by atoms with Crippen LogP contribution in [-0.2, 0) is 16.2 Å². The normalized spacial score (nSPS) is 12.2. The third kappa shape index (κ3) is 4.43. The van der Waals surface area contributed by atoms with Gasteiger partial charge >= 0.3 is 6.18 Å². The Balaban J connectivity index is 2.11. The highest BCUT2D eigenvalue weighted by atomic mass is 32.2. The maximum atomic E-state index is 13.3. The quantitative estimate of drug-likeness (QED) is 0.678. The van der Waals surface area contributed by atoms with Crippen molar-refractivity contribution in [2.45, 2.75) is 18.0 Å². The molecule has 1 heterocycles. The van der Waals surface area contributed by atoms with Gasteiger partial charge in [0, 0.05) is 24.8 Å². The van der Waals surface area contributed by atoms with Gasteiger partial charge in [-0.25, -0.2) is 18.2 Å². The van der Waals surface area contributed by atoms with E-state index in [1.807, 2.05) is 31.0 Å². The lowest BCUT2D eigenvalue weighted by molar-refractivity contribution is -0.141. The number of halogens is 3. The van der Waals surface area contributed by atoms with Gasteiger partial charge in [-0.15, -0.1) is 0 Å². The fraction of sp³-hybridized carbons (Fsp3) is 0.211. The average Bonchev–Trinajstić information content (AvgIpc) is 3.13. The lowest BCUT2D eigenvalue weighted by Gasteiger charge is -2.17.